The van der Waals surface area contributed by atoms with Crippen LogP contribution in [0.15, 0.2) is 24.1 Å². The lowest BCUT2D eigenvalue weighted by molar-refractivity contribution is -0.148. The molecule has 4 aliphatic carbocycles. The van der Waals surface area contributed by atoms with Gasteiger partial charge in [0.05, 0.1) is 5.70 Å². The monoisotopic (exact) mass is 382 g/mol. The molecule has 6 heteroatoms. The lowest BCUT2D eigenvalue weighted by Gasteiger charge is -2.57. The first-order chi connectivity index (χ1) is 13.4. The molecule has 6 nitrogen and oxygen atoms in total. The highest BCUT2D eigenvalue weighted by Gasteiger charge is 2.57. The van der Waals surface area contributed by atoms with Gasteiger partial charge in [0.1, 0.15) is 6.10 Å². The Hall–Kier alpha value is -1.98. The summed E-state index contributed by atoms with van der Waals surface area (Å²) in [5.41, 5.74) is 3.18. The molecule has 0 aliphatic heterocycles. The highest BCUT2D eigenvalue weighted by atomic mass is 16.5. The Bertz CT molecular complexity index is 845. The smallest absolute Gasteiger partial charge is 0.302 e. The molecule has 0 unspecified atom stereocenters. The van der Waals surface area contributed by atoms with Gasteiger partial charge in [-0.3, -0.25) is 4.79 Å². The molecule has 0 radical (unpaired) electrons. The van der Waals surface area contributed by atoms with Crippen LogP contribution in [-0.2, 0) is 9.53 Å². The minimum atomic E-state index is -0.150. The molecular weight excluding hydrogens is 352 g/mol. The molecule has 28 heavy (non-hydrogen) atoms. The van der Waals surface area contributed by atoms with Crippen molar-refractivity contribution in [3.05, 3.63) is 24.1 Å². The van der Waals surface area contributed by atoms with Gasteiger partial charge in [-0.05, 0) is 66.9 Å². The number of aromatic nitrogens is 4. The largest absolute Gasteiger partial charge is 0.462 e. The second kappa shape index (κ2) is 6.26. The van der Waals surface area contributed by atoms with Crippen LogP contribution < -0.4 is 0 Å². The molecule has 0 aromatic carbocycles. The van der Waals surface area contributed by atoms with E-state index in [0.717, 1.165) is 38.0 Å². The maximum Gasteiger partial charge on any atom is 0.302 e. The van der Waals surface area contributed by atoms with Crippen LogP contribution in [0.5, 0.6) is 0 Å². The summed E-state index contributed by atoms with van der Waals surface area (Å²) in [6.07, 6.45) is 14.2. The van der Waals surface area contributed by atoms with E-state index in [-0.39, 0.29) is 22.9 Å². The van der Waals surface area contributed by atoms with Crippen molar-refractivity contribution in [2.75, 3.05) is 0 Å². The third-order valence-corrected chi connectivity index (χ3v) is 8.50. The van der Waals surface area contributed by atoms with Crippen molar-refractivity contribution in [1.29, 1.82) is 0 Å². The number of tetrazole rings is 1. The molecule has 0 N–H and O–H groups in total. The summed E-state index contributed by atoms with van der Waals surface area (Å²) in [4.78, 5) is 13.2. The molecule has 4 aliphatic rings. The third-order valence-electron chi connectivity index (χ3n) is 8.50. The van der Waals surface area contributed by atoms with E-state index >= 15 is 0 Å². The van der Waals surface area contributed by atoms with Crippen LogP contribution in [0, 0.1) is 28.6 Å². The van der Waals surface area contributed by atoms with E-state index in [1.807, 2.05) is 0 Å². The maximum absolute atomic E-state index is 11.4. The standard InChI is InChI=1S/C22H30N4O2/c1-14(27)28-16-8-10-21(2)15(12-16)4-5-17-18-6-7-20(26-24-13-23-25-26)22(18,3)11-9-19(17)21/h4,7,13,16-19H,5-6,8-12H2,1-3H3/t16-,17-,18-,19-,21-,22-/m0/s1. The zero-order valence-corrected chi connectivity index (χ0v) is 17.1. The zero-order chi connectivity index (χ0) is 19.5. The van der Waals surface area contributed by atoms with Gasteiger partial charge in [0.2, 0.25) is 0 Å². The molecule has 2 saturated carbocycles. The van der Waals surface area contributed by atoms with Crippen molar-refractivity contribution in [2.24, 2.45) is 28.6 Å². The number of ether oxygens (including phenoxy) is 1. The molecule has 0 amide bonds. The Morgan fingerprint density at radius 1 is 1.14 bits per heavy atom. The van der Waals surface area contributed by atoms with Crippen molar-refractivity contribution in [1.82, 2.24) is 20.2 Å². The van der Waals surface area contributed by atoms with Gasteiger partial charge >= 0.3 is 5.97 Å². The van der Waals surface area contributed by atoms with E-state index in [9.17, 15) is 4.79 Å². The number of carbonyl (C=O) groups is 1. The van der Waals surface area contributed by atoms with Gasteiger partial charge in [0.15, 0.2) is 6.33 Å². The van der Waals surface area contributed by atoms with Crippen molar-refractivity contribution in [3.63, 3.8) is 0 Å². The normalized spacial score (nSPS) is 42.0. The predicted molar refractivity (Wildman–Crippen MR) is 105 cm³/mol. The first kappa shape index (κ1) is 18.1. The number of nitrogens with zero attached hydrogens (tertiary/aromatic N) is 4. The van der Waals surface area contributed by atoms with E-state index in [0.29, 0.717) is 11.8 Å². The summed E-state index contributed by atoms with van der Waals surface area (Å²) in [5, 5.41) is 12.4. The molecule has 150 valence electrons. The van der Waals surface area contributed by atoms with Gasteiger partial charge in [0.25, 0.3) is 0 Å². The van der Waals surface area contributed by atoms with Gasteiger partial charge < -0.3 is 4.74 Å². The van der Waals surface area contributed by atoms with E-state index in [1.165, 1.54) is 31.8 Å². The molecule has 5 rings (SSSR count). The fourth-order valence-corrected chi connectivity index (χ4v) is 7.10. The second-order valence-electron chi connectivity index (χ2n) is 9.74. The molecule has 0 bridgehead atoms. The molecule has 2 fully saturated rings. The zero-order valence-electron chi connectivity index (χ0n) is 17.1. The van der Waals surface area contributed by atoms with Crippen LogP contribution in [-0.4, -0.2) is 32.3 Å². The number of allylic oxidation sites excluding steroid dienone is 3. The van der Waals surface area contributed by atoms with Crippen LogP contribution in [0.4, 0.5) is 0 Å². The van der Waals surface area contributed by atoms with Gasteiger partial charge in [-0.1, -0.05) is 31.6 Å². The maximum atomic E-state index is 11.4. The molecule has 6 atom stereocenters. The second-order valence-corrected chi connectivity index (χ2v) is 9.74. The number of hydrogen-bond donors (Lipinski definition) is 0. The summed E-state index contributed by atoms with van der Waals surface area (Å²) in [7, 11) is 0. The molecule has 1 aromatic heterocycles. The Morgan fingerprint density at radius 3 is 2.71 bits per heavy atom. The SMILES string of the molecule is CC(=O)O[C@H]1CC[C@@]2(C)C(=CC[C@@H]3[C@@H]2CC[C@]2(C)C(n4ncnn4)=CC[C@@H]32)C1. The molecule has 1 aromatic rings. The lowest BCUT2D eigenvalue weighted by atomic mass is 9.48. The average molecular weight is 383 g/mol. The first-order valence-electron chi connectivity index (χ1n) is 10.7. The van der Waals surface area contributed by atoms with Gasteiger partial charge in [0, 0.05) is 18.8 Å². The van der Waals surface area contributed by atoms with Crippen molar-refractivity contribution in [3.8, 4) is 0 Å². The van der Waals surface area contributed by atoms with Crippen molar-refractivity contribution in [2.45, 2.75) is 71.8 Å². The summed E-state index contributed by atoms with van der Waals surface area (Å²) >= 11 is 0. The Kier molecular flexibility index (Phi) is 4.04. The third kappa shape index (κ3) is 2.52. The molecule has 0 saturated heterocycles. The summed E-state index contributed by atoms with van der Waals surface area (Å²) in [5.74, 6) is 1.92. The summed E-state index contributed by atoms with van der Waals surface area (Å²) in [6.45, 7) is 6.41. The number of rotatable bonds is 2. The molecular formula is C22H30N4O2. The minimum absolute atomic E-state index is 0.0698. The number of esters is 1. The average Bonchev–Trinajstić information content (AvgIpc) is 3.28. The van der Waals surface area contributed by atoms with Gasteiger partial charge in [-0.15, -0.1) is 15.0 Å². The highest BCUT2D eigenvalue weighted by Crippen LogP contribution is 2.65. The van der Waals surface area contributed by atoms with Crippen LogP contribution in [0.1, 0.15) is 65.7 Å². The quantitative estimate of drug-likeness (QED) is 0.571. The number of carbonyl (C=O) groups excluding carboxylic acids is 1. The van der Waals surface area contributed by atoms with Crippen LogP contribution in [0.25, 0.3) is 5.70 Å². The predicted octanol–water partition coefficient (Wildman–Crippen LogP) is 4.02. The van der Waals surface area contributed by atoms with E-state index in [2.05, 4.69) is 41.4 Å². The van der Waals surface area contributed by atoms with Crippen LogP contribution >= 0.6 is 0 Å². The van der Waals surface area contributed by atoms with E-state index in [1.54, 1.807) is 10.4 Å². The lowest BCUT2D eigenvalue weighted by Crippen LogP contribution is -2.50. The summed E-state index contributed by atoms with van der Waals surface area (Å²) < 4.78 is 5.55. The van der Waals surface area contributed by atoms with E-state index < -0.39 is 0 Å². The van der Waals surface area contributed by atoms with Gasteiger partial charge in [-0.25, -0.2) is 0 Å². The fourth-order valence-electron chi connectivity index (χ4n) is 7.10. The highest BCUT2D eigenvalue weighted by molar-refractivity contribution is 5.66. The van der Waals surface area contributed by atoms with Crippen LogP contribution in [0.3, 0.4) is 0 Å². The Labute approximate surface area is 166 Å². The minimum Gasteiger partial charge on any atom is -0.462 e. The topological polar surface area (TPSA) is 69.9 Å². The van der Waals surface area contributed by atoms with Crippen molar-refractivity contribution >= 4 is 11.7 Å². The molecule has 1 heterocycles. The summed E-state index contributed by atoms with van der Waals surface area (Å²) in [6, 6.07) is 0. The first-order valence-corrected chi connectivity index (χ1v) is 10.7. The Morgan fingerprint density at radius 2 is 1.96 bits per heavy atom. The number of fused-ring (bicyclic) bond motifs is 5. The Balaban J connectivity index is 1.41. The van der Waals surface area contributed by atoms with E-state index in [4.69, 9.17) is 4.74 Å². The fraction of sp³-hybridized carbons (Fsp3) is 0.727. The van der Waals surface area contributed by atoms with Crippen LogP contribution in [0.2, 0.25) is 0 Å². The van der Waals surface area contributed by atoms with Gasteiger partial charge in [-0.2, -0.15) is 0 Å². The number of hydrogen-bond acceptors (Lipinski definition) is 5. The van der Waals surface area contributed by atoms with Crippen molar-refractivity contribution < 1.29 is 9.53 Å². The molecule has 0 spiro atoms.